The summed E-state index contributed by atoms with van der Waals surface area (Å²) in [5, 5.41) is 15.8. The highest BCUT2D eigenvalue weighted by molar-refractivity contribution is 6.11. The molecule has 1 aromatic heterocycles. The second kappa shape index (κ2) is 11.7. The Balaban J connectivity index is 1.06. The molecule has 0 aliphatic heterocycles. The highest BCUT2D eigenvalue weighted by Crippen LogP contribution is 2.33. The standard InChI is InChI=1S/C31H30N2O4/c34-23(21-37-29-17-8-15-27-30(29)24-12-4-6-14-26(24)33-27)20-32-18-9-19-36-28-16-7-5-13-25(28)31(35)22-10-2-1-3-11-22/h1-8,10-17,23,32-34H,9,18-21H2. The van der Waals surface area contributed by atoms with E-state index >= 15 is 0 Å². The van der Waals surface area contributed by atoms with E-state index in [0.29, 0.717) is 36.6 Å². The smallest absolute Gasteiger partial charge is 0.196 e. The van der Waals surface area contributed by atoms with Crippen molar-refractivity contribution in [1.29, 1.82) is 0 Å². The molecule has 0 aliphatic carbocycles. The molecular weight excluding hydrogens is 464 g/mol. The van der Waals surface area contributed by atoms with Crippen LogP contribution in [0, 0.1) is 0 Å². The van der Waals surface area contributed by atoms with Gasteiger partial charge in [-0.1, -0.05) is 66.7 Å². The van der Waals surface area contributed by atoms with Crippen LogP contribution in [0.1, 0.15) is 22.3 Å². The Morgan fingerprint density at radius 3 is 2.43 bits per heavy atom. The fourth-order valence-corrected chi connectivity index (χ4v) is 4.41. The van der Waals surface area contributed by atoms with Crippen molar-refractivity contribution in [3.63, 3.8) is 0 Å². The van der Waals surface area contributed by atoms with E-state index < -0.39 is 6.10 Å². The predicted molar refractivity (Wildman–Crippen MR) is 147 cm³/mol. The summed E-state index contributed by atoms with van der Waals surface area (Å²) >= 11 is 0. The normalized spacial score (nSPS) is 12.0. The highest BCUT2D eigenvalue weighted by Gasteiger charge is 2.14. The molecule has 0 amide bonds. The third-order valence-corrected chi connectivity index (χ3v) is 6.23. The van der Waals surface area contributed by atoms with Gasteiger partial charge in [-0.2, -0.15) is 0 Å². The van der Waals surface area contributed by atoms with Crippen LogP contribution in [-0.4, -0.2) is 48.3 Å². The van der Waals surface area contributed by atoms with Crippen LogP contribution in [0.15, 0.2) is 97.1 Å². The monoisotopic (exact) mass is 494 g/mol. The van der Waals surface area contributed by atoms with E-state index in [1.165, 1.54) is 0 Å². The topological polar surface area (TPSA) is 83.6 Å². The fourth-order valence-electron chi connectivity index (χ4n) is 4.41. The number of carbonyl (C=O) groups is 1. The number of aliphatic hydroxyl groups is 1. The number of ketones is 1. The van der Waals surface area contributed by atoms with Crippen LogP contribution >= 0.6 is 0 Å². The predicted octanol–water partition coefficient (Wildman–Crippen LogP) is 5.35. The molecule has 5 rings (SSSR count). The lowest BCUT2D eigenvalue weighted by Gasteiger charge is -2.14. The third-order valence-electron chi connectivity index (χ3n) is 6.23. The molecule has 5 aromatic rings. The quantitative estimate of drug-likeness (QED) is 0.161. The maximum atomic E-state index is 12.8. The van der Waals surface area contributed by atoms with Gasteiger partial charge in [0.1, 0.15) is 24.2 Å². The fraction of sp³-hybridized carbons (Fsp3) is 0.194. The van der Waals surface area contributed by atoms with Crippen molar-refractivity contribution < 1.29 is 19.4 Å². The van der Waals surface area contributed by atoms with Gasteiger partial charge < -0.3 is 24.9 Å². The van der Waals surface area contributed by atoms with Crippen molar-refractivity contribution in [1.82, 2.24) is 10.3 Å². The lowest BCUT2D eigenvalue weighted by Crippen LogP contribution is -2.32. The lowest BCUT2D eigenvalue weighted by molar-refractivity contribution is 0.103. The Morgan fingerprint density at radius 2 is 1.54 bits per heavy atom. The Hall–Kier alpha value is -4.13. The van der Waals surface area contributed by atoms with Gasteiger partial charge in [-0.05, 0) is 43.3 Å². The molecule has 6 heteroatoms. The second-order valence-corrected chi connectivity index (χ2v) is 8.91. The average Bonchev–Trinajstić information content (AvgIpc) is 3.33. The minimum atomic E-state index is -0.648. The van der Waals surface area contributed by atoms with Crippen molar-refractivity contribution in [2.24, 2.45) is 0 Å². The second-order valence-electron chi connectivity index (χ2n) is 8.91. The summed E-state index contributed by atoms with van der Waals surface area (Å²) in [7, 11) is 0. The molecule has 0 saturated carbocycles. The van der Waals surface area contributed by atoms with Crippen LogP contribution in [0.5, 0.6) is 11.5 Å². The minimum Gasteiger partial charge on any atom is -0.493 e. The van der Waals surface area contributed by atoms with Crippen LogP contribution in [0.4, 0.5) is 0 Å². The van der Waals surface area contributed by atoms with Gasteiger partial charge in [0.15, 0.2) is 5.78 Å². The first-order chi connectivity index (χ1) is 18.2. The molecule has 0 fully saturated rings. The lowest BCUT2D eigenvalue weighted by atomic mass is 10.0. The van der Waals surface area contributed by atoms with Gasteiger partial charge in [-0.3, -0.25) is 4.79 Å². The number of ether oxygens (including phenoxy) is 2. The van der Waals surface area contributed by atoms with Crippen LogP contribution in [0.3, 0.4) is 0 Å². The molecule has 1 unspecified atom stereocenters. The Kier molecular flexibility index (Phi) is 7.79. The van der Waals surface area contributed by atoms with E-state index in [1.807, 2.05) is 72.8 Å². The number of para-hydroxylation sites is 2. The molecule has 1 heterocycles. The SMILES string of the molecule is O=C(c1ccccc1)c1ccccc1OCCCNCC(O)COc1cccc2[nH]c3ccccc3c12. The summed E-state index contributed by atoms with van der Waals surface area (Å²) in [6.45, 7) is 1.73. The van der Waals surface area contributed by atoms with Gasteiger partial charge in [0.25, 0.3) is 0 Å². The Labute approximate surface area is 215 Å². The van der Waals surface area contributed by atoms with Gasteiger partial charge in [0.2, 0.25) is 0 Å². The van der Waals surface area contributed by atoms with Gasteiger partial charge in [-0.15, -0.1) is 0 Å². The molecule has 37 heavy (non-hydrogen) atoms. The maximum Gasteiger partial charge on any atom is 0.196 e. The third kappa shape index (κ3) is 5.82. The van der Waals surface area contributed by atoms with E-state index in [4.69, 9.17) is 9.47 Å². The molecule has 188 valence electrons. The zero-order valence-corrected chi connectivity index (χ0v) is 20.5. The van der Waals surface area contributed by atoms with Crippen LogP contribution in [0.2, 0.25) is 0 Å². The number of aliphatic hydroxyl groups excluding tert-OH is 1. The first kappa shape index (κ1) is 24.6. The van der Waals surface area contributed by atoms with Crippen molar-refractivity contribution in [2.45, 2.75) is 12.5 Å². The van der Waals surface area contributed by atoms with E-state index in [1.54, 1.807) is 18.2 Å². The number of aromatic amines is 1. The molecule has 0 radical (unpaired) electrons. The molecule has 6 nitrogen and oxygen atoms in total. The minimum absolute atomic E-state index is 0.0548. The van der Waals surface area contributed by atoms with Crippen molar-refractivity contribution >= 4 is 27.6 Å². The maximum absolute atomic E-state index is 12.8. The molecule has 0 spiro atoms. The Bertz CT molecular complexity index is 1480. The number of fused-ring (bicyclic) bond motifs is 3. The number of rotatable bonds is 12. The van der Waals surface area contributed by atoms with Crippen molar-refractivity contribution in [2.75, 3.05) is 26.3 Å². The molecular formula is C31H30N2O4. The average molecular weight is 495 g/mol. The van der Waals surface area contributed by atoms with E-state index in [2.05, 4.69) is 16.4 Å². The molecule has 0 aliphatic rings. The number of aromatic nitrogens is 1. The van der Waals surface area contributed by atoms with Crippen molar-refractivity contribution in [3.05, 3.63) is 108 Å². The molecule has 1 atom stereocenters. The van der Waals surface area contributed by atoms with Gasteiger partial charge in [0, 0.05) is 28.4 Å². The number of hydrogen-bond donors (Lipinski definition) is 3. The van der Waals surface area contributed by atoms with Gasteiger partial charge in [-0.25, -0.2) is 0 Å². The van der Waals surface area contributed by atoms with E-state index in [9.17, 15) is 9.90 Å². The summed E-state index contributed by atoms with van der Waals surface area (Å²) in [5.74, 6) is 1.28. The van der Waals surface area contributed by atoms with Crippen LogP contribution in [0.25, 0.3) is 21.8 Å². The summed E-state index contributed by atoms with van der Waals surface area (Å²) in [6.07, 6.45) is 0.0846. The molecule has 4 aromatic carbocycles. The highest BCUT2D eigenvalue weighted by atomic mass is 16.5. The number of H-pyrrole nitrogens is 1. The zero-order chi connectivity index (χ0) is 25.5. The first-order valence-corrected chi connectivity index (χ1v) is 12.5. The van der Waals surface area contributed by atoms with Gasteiger partial charge >= 0.3 is 0 Å². The van der Waals surface area contributed by atoms with E-state index in [0.717, 1.165) is 34.0 Å². The number of benzene rings is 4. The first-order valence-electron chi connectivity index (χ1n) is 12.5. The van der Waals surface area contributed by atoms with E-state index in [-0.39, 0.29) is 12.4 Å². The number of nitrogens with one attached hydrogen (secondary N) is 2. The summed E-state index contributed by atoms with van der Waals surface area (Å²) in [6, 6.07) is 30.5. The number of hydrogen-bond acceptors (Lipinski definition) is 5. The molecule has 0 bridgehead atoms. The Morgan fingerprint density at radius 1 is 0.811 bits per heavy atom. The van der Waals surface area contributed by atoms with Crippen LogP contribution < -0.4 is 14.8 Å². The largest absolute Gasteiger partial charge is 0.493 e. The molecule has 3 N–H and O–H groups in total. The molecule has 0 saturated heterocycles. The summed E-state index contributed by atoms with van der Waals surface area (Å²) in [5.41, 5.74) is 3.26. The van der Waals surface area contributed by atoms with Crippen LogP contribution in [-0.2, 0) is 0 Å². The van der Waals surface area contributed by atoms with Gasteiger partial charge in [0.05, 0.1) is 17.7 Å². The number of carbonyl (C=O) groups excluding carboxylic acids is 1. The zero-order valence-electron chi connectivity index (χ0n) is 20.5. The van der Waals surface area contributed by atoms with Crippen molar-refractivity contribution in [3.8, 4) is 11.5 Å². The summed E-state index contributed by atoms with van der Waals surface area (Å²) in [4.78, 5) is 16.2. The summed E-state index contributed by atoms with van der Waals surface area (Å²) < 4.78 is 11.9.